The van der Waals surface area contributed by atoms with E-state index < -0.39 is 0 Å². The zero-order valence-corrected chi connectivity index (χ0v) is 9.16. The highest BCUT2D eigenvalue weighted by molar-refractivity contribution is 5.35. The standard InChI is InChI=1S/C10H17N3O/c1-8-5-6-9(13-12-8)11-10(2,3)7-14-4/h5-6H,7H2,1-4H3,(H,11,13). The van der Waals surface area contributed by atoms with Gasteiger partial charge in [0.25, 0.3) is 0 Å². The van der Waals surface area contributed by atoms with Crippen LogP contribution in [0.5, 0.6) is 0 Å². The van der Waals surface area contributed by atoms with Gasteiger partial charge in [0, 0.05) is 7.11 Å². The fourth-order valence-corrected chi connectivity index (χ4v) is 1.21. The molecular weight excluding hydrogens is 178 g/mol. The highest BCUT2D eigenvalue weighted by Gasteiger charge is 2.17. The van der Waals surface area contributed by atoms with E-state index in [2.05, 4.69) is 29.4 Å². The third kappa shape index (κ3) is 3.30. The SMILES string of the molecule is COCC(C)(C)Nc1ccc(C)nn1. The van der Waals surface area contributed by atoms with Crippen LogP contribution >= 0.6 is 0 Å². The van der Waals surface area contributed by atoms with Gasteiger partial charge in [-0.2, -0.15) is 5.10 Å². The van der Waals surface area contributed by atoms with Crippen molar-refractivity contribution in [3.63, 3.8) is 0 Å². The molecule has 0 aliphatic rings. The van der Waals surface area contributed by atoms with Crippen LogP contribution in [-0.2, 0) is 4.74 Å². The lowest BCUT2D eigenvalue weighted by Gasteiger charge is -2.25. The molecule has 0 bridgehead atoms. The van der Waals surface area contributed by atoms with E-state index >= 15 is 0 Å². The second kappa shape index (κ2) is 4.37. The number of hydrogen-bond donors (Lipinski definition) is 1. The molecule has 1 N–H and O–H groups in total. The number of hydrogen-bond acceptors (Lipinski definition) is 4. The van der Waals surface area contributed by atoms with Crippen molar-refractivity contribution in [1.29, 1.82) is 0 Å². The summed E-state index contributed by atoms with van der Waals surface area (Å²) in [6.45, 7) is 6.65. The Hall–Kier alpha value is -1.16. The van der Waals surface area contributed by atoms with Crippen LogP contribution in [0, 0.1) is 6.92 Å². The van der Waals surface area contributed by atoms with Gasteiger partial charge in [-0.3, -0.25) is 0 Å². The predicted molar refractivity (Wildman–Crippen MR) is 56.3 cm³/mol. The number of aromatic nitrogens is 2. The second-order valence-electron chi connectivity index (χ2n) is 4.00. The molecule has 0 radical (unpaired) electrons. The highest BCUT2D eigenvalue weighted by Crippen LogP contribution is 2.11. The minimum Gasteiger partial charge on any atom is -0.382 e. The number of nitrogens with zero attached hydrogens (tertiary/aromatic N) is 2. The molecule has 1 rings (SSSR count). The molecule has 1 aromatic rings. The Morgan fingerprint density at radius 3 is 2.57 bits per heavy atom. The van der Waals surface area contributed by atoms with Crippen LogP contribution in [0.4, 0.5) is 5.82 Å². The van der Waals surface area contributed by atoms with Crippen LogP contribution in [0.1, 0.15) is 19.5 Å². The maximum absolute atomic E-state index is 5.09. The second-order valence-corrected chi connectivity index (χ2v) is 4.00. The summed E-state index contributed by atoms with van der Waals surface area (Å²) in [5.41, 5.74) is 0.790. The first-order chi connectivity index (χ1) is 6.53. The van der Waals surface area contributed by atoms with Crippen LogP contribution in [0.25, 0.3) is 0 Å². The van der Waals surface area contributed by atoms with Gasteiger partial charge in [0.15, 0.2) is 0 Å². The Balaban J connectivity index is 2.64. The van der Waals surface area contributed by atoms with Crippen molar-refractivity contribution >= 4 is 5.82 Å². The van der Waals surface area contributed by atoms with Gasteiger partial charge < -0.3 is 10.1 Å². The first kappa shape index (κ1) is 10.9. The molecule has 0 saturated heterocycles. The van der Waals surface area contributed by atoms with E-state index in [9.17, 15) is 0 Å². The van der Waals surface area contributed by atoms with Crippen molar-refractivity contribution in [1.82, 2.24) is 10.2 Å². The maximum atomic E-state index is 5.09. The molecule has 0 fully saturated rings. The molecular formula is C10H17N3O. The Morgan fingerprint density at radius 2 is 2.07 bits per heavy atom. The molecule has 0 aliphatic carbocycles. The minimum atomic E-state index is -0.126. The van der Waals surface area contributed by atoms with Gasteiger partial charge in [-0.05, 0) is 32.9 Å². The van der Waals surface area contributed by atoms with E-state index in [1.165, 1.54) is 0 Å². The first-order valence-corrected chi connectivity index (χ1v) is 4.61. The quantitative estimate of drug-likeness (QED) is 0.793. The van der Waals surface area contributed by atoms with E-state index in [0.717, 1.165) is 11.5 Å². The van der Waals surface area contributed by atoms with Crippen molar-refractivity contribution < 1.29 is 4.74 Å². The summed E-state index contributed by atoms with van der Waals surface area (Å²) in [5, 5.41) is 11.2. The van der Waals surface area contributed by atoms with Crippen LogP contribution in [0.15, 0.2) is 12.1 Å². The topological polar surface area (TPSA) is 47.0 Å². The lowest BCUT2D eigenvalue weighted by atomic mass is 10.1. The number of ether oxygens (including phenoxy) is 1. The summed E-state index contributed by atoms with van der Waals surface area (Å²) in [6.07, 6.45) is 0. The van der Waals surface area contributed by atoms with Crippen molar-refractivity contribution in [2.45, 2.75) is 26.3 Å². The number of rotatable bonds is 4. The molecule has 0 saturated carbocycles. The lowest BCUT2D eigenvalue weighted by molar-refractivity contribution is 0.158. The molecule has 0 unspecified atom stereocenters. The summed E-state index contributed by atoms with van der Waals surface area (Å²) < 4.78 is 5.09. The van der Waals surface area contributed by atoms with Crippen LogP contribution in [0.3, 0.4) is 0 Å². The number of aryl methyl sites for hydroxylation is 1. The van der Waals surface area contributed by atoms with Crippen LogP contribution in [-0.4, -0.2) is 29.5 Å². The zero-order valence-electron chi connectivity index (χ0n) is 9.16. The molecule has 78 valence electrons. The molecule has 0 amide bonds. The highest BCUT2D eigenvalue weighted by atomic mass is 16.5. The number of nitrogens with one attached hydrogen (secondary N) is 1. The summed E-state index contributed by atoms with van der Waals surface area (Å²) in [4.78, 5) is 0. The van der Waals surface area contributed by atoms with E-state index in [1.807, 2.05) is 19.1 Å². The smallest absolute Gasteiger partial charge is 0.149 e. The first-order valence-electron chi connectivity index (χ1n) is 4.61. The van der Waals surface area contributed by atoms with Gasteiger partial charge in [-0.1, -0.05) is 0 Å². The molecule has 4 nitrogen and oxygen atoms in total. The zero-order chi connectivity index (χ0) is 10.6. The average molecular weight is 195 g/mol. The largest absolute Gasteiger partial charge is 0.382 e. The van der Waals surface area contributed by atoms with E-state index in [0.29, 0.717) is 6.61 Å². The average Bonchev–Trinajstić information content (AvgIpc) is 2.08. The summed E-state index contributed by atoms with van der Waals surface area (Å²) in [6, 6.07) is 3.85. The van der Waals surface area contributed by atoms with Gasteiger partial charge in [0.1, 0.15) is 5.82 Å². The Kier molecular flexibility index (Phi) is 3.41. The fraction of sp³-hybridized carbons (Fsp3) is 0.600. The molecule has 0 spiro atoms. The van der Waals surface area contributed by atoms with Crippen LogP contribution in [0.2, 0.25) is 0 Å². The molecule has 1 heterocycles. The molecule has 4 heteroatoms. The Morgan fingerprint density at radius 1 is 1.36 bits per heavy atom. The molecule has 0 atom stereocenters. The summed E-state index contributed by atoms with van der Waals surface area (Å²) in [7, 11) is 1.68. The normalized spacial score (nSPS) is 11.4. The third-order valence-electron chi connectivity index (χ3n) is 1.77. The molecule has 0 aliphatic heterocycles. The Bertz CT molecular complexity index is 282. The molecule has 1 aromatic heterocycles. The maximum Gasteiger partial charge on any atom is 0.149 e. The van der Waals surface area contributed by atoms with Crippen molar-refractivity contribution in [3.8, 4) is 0 Å². The van der Waals surface area contributed by atoms with Gasteiger partial charge in [-0.15, -0.1) is 5.10 Å². The molecule has 14 heavy (non-hydrogen) atoms. The Labute approximate surface area is 84.7 Å². The molecule has 0 aromatic carbocycles. The number of methoxy groups -OCH3 is 1. The van der Waals surface area contributed by atoms with Gasteiger partial charge >= 0.3 is 0 Å². The lowest BCUT2D eigenvalue weighted by Crippen LogP contribution is -2.36. The predicted octanol–water partition coefficient (Wildman–Crippen LogP) is 1.62. The third-order valence-corrected chi connectivity index (χ3v) is 1.77. The summed E-state index contributed by atoms with van der Waals surface area (Å²) >= 11 is 0. The minimum absolute atomic E-state index is 0.126. The monoisotopic (exact) mass is 195 g/mol. The summed E-state index contributed by atoms with van der Waals surface area (Å²) in [5.74, 6) is 0.776. The van der Waals surface area contributed by atoms with E-state index in [4.69, 9.17) is 4.74 Å². The van der Waals surface area contributed by atoms with Crippen molar-refractivity contribution in [3.05, 3.63) is 17.8 Å². The van der Waals surface area contributed by atoms with Gasteiger partial charge in [0.05, 0.1) is 17.8 Å². The fourth-order valence-electron chi connectivity index (χ4n) is 1.21. The van der Waals surface area contributed by atoms with Gasteiger partial charge in [0.2, 0.25) is 0 Å². The number of anilines is 1. The van der Waals surface area contributed by atoms with Crippen molar-refractivity contribution in [2.24, 2.45) is 0 Å². The van der Waals surface area contributed by atoms with Crippen molar-refractivity contribution in [2.75, 3.05) is 19.0 Å². The van der Waals surface area contributed by atoms with Crippen LogP contribution < -0.4 is 5.32 Å². The van der Waals surface area contributed by atoms with E-state index in [1.54, 1.807) is 7.11 Å². The van der Waals surface area contributed by atoms with E-state index in [-0.39, 0.29) is 5.54 Å². The van der Waals surface area contributed by atoms with Gasteiger partial charge in [-0.25, -0.2) is 0 Å².